The minimum Gasteiger partial charge on any atom is -0.497 e. The lowest BCUT2D eigenvalue weighted by molar-refractivity contribution is -0.131. The smallest absolute Gasteiger partial charge is 0.326 e. The van der Waals surface area contributed by atoms with Crippen molar-refractivity contribution in [2.45, 2.75) is 24.4 Å². The summed E-state index contributed by atoms with van der Waals surface area (Å²) in [5.74, 6) is 1.07. The first-order valence-electron chi connectivity index (χ1n) is 11.3. The van der Waals surface area contributed by atoms with Gasteiger partial charge in [0.15, 0.2) is 5.54 Å². The SMILES string of the molecule is COc1ccc(C2(c3ccc(OC)cc3)NC(=O)N(CN3CCCC3c3cccs3)C2=O)cc1. The van der Waals surface area contributed by atoms with E-state index >= 15 is 0 Å². The maximum absolute atomic E-state index is 14.1. The Bertz CT molecular complexity index is 1110. The summed E-state index contributed by atoms with van der Waals surface area (Å²) in [4.78, 5) is 32.2. The summed E-state index contributed by atoms with van der Waals surface area (Å²) >= 11 is 1.71. The summed E-state index contributed by atoms with van der Waals surface area (Å²) in [5, 5.41) is 5.10. The molecule has 176 valence electrons. The lowest BCUT2D eigenvalue weighted by Gasteiger charge is -2.30. The molecule has 3 heterocycles. The molecule has 34 heavy (non-hydrogen) atoms. The maximum atomic E-state index is 14.1. The predicted octanol–water partition coefficient (Wildman–Crippen LogP) is 4.36. The Hall–Kier alpha value is -3.36. The molecule has 7 nitrogen and oxygen atoms in total. The fraction of sp³-hybridized carbons (Fsp3) is 0.308. The van der Waals surface area contributed by atoms with Crippen molar-refractivity contribution in [2.75, 3.05) is 27.4 Å². The molecule has 2 saturated heterocycles. The van der Waals surface area contributed by atoms with Crippen LogP contribution >= 0.6 is 11.3 Å². The molecular weight excluding hydrogens is 450 g/mol. The van der Waals surface area contributed by atoms with Crippen LogP contribution in [0.5, 0.6) is 11.5 Å². The molecule has 2 aromatic carbocycles. The molecular formula is C26H27N3O4S. The zero-order valence-electron chi connectivity index (χ0n) is 19.2. The van der Waals surface area contributed by atoms with Crippen molar-refractivity contribution in [3.63, 3.8) is 0 Å². The summed E-state index contributed by atoms with van der Waals surface area (Å²) in [6.45, 7) is 1.10. The number of rotatable bonds is 7. The number of nitrogens with zero attached hydrogens (tertiary/aromatic N) is 2. The Kier molecular flexibility index (Phi) is 6.02. The zero-order valence-corrected chi connectivity index (χ0v) is 20.0. The van der Waals surface area contributed by atoms with Crippen LogP contribution in [0.25, 0.3) is 0 Å². The molecule has 0 saturated carbocycles. The second kappa shape index (κ2) is 9.12. The van der Waals surface area contributed by atoms with E-state index in [1.807, 2.05) is 30.3 Å². The van der Waals surface area contributed by atoms with Crippen molar-refractivity contribution in [1.29, 1.82) is 0 Å². The standard InChI is InChI=1S/C26H27N3O4S/c1-32-20-11-7-18(8-12-20)26(19-9-13-21(33-2)14-10-19)24(30)29(25(31)27-26)17-28-15-3-5-22(28)23-6-4-16-34-23/h4,6-14,16,22H,3,5,15,17H2,1-2H3,(H,27,31). The number of imide groups is 1. The molecule has 2 fully saturated rings. The third kappa shape index (κ3) is 3.73. The van der Waals surface area contributed by atoms with Crippen LogP contribution in [0.15, 0.2) is 66.0 Å². The molecule has 0 aliphatic carbocycles. The van der Waals surface area contributed by atoms with Crippen LogP contribution in [0.1, 0.15) is 34.9 Å². The van der Waals surface area contributed by atoms with E-state index < -0.39 is 11.6 Å². The number of methoxy groups -OCH3 is 2. The van der Waals surface area contributed by atoms with Crippen molar-refractivity contribution >= 4 is 23.3 Å². The zero-order chi connectivity index (χ0) is 23.7. The monoisotopic (exact) mass is 477 g/mol. The summed E-state index contributed by atoms with van der Waals surface area (Å²) < 4.78 is 10.6. The van der Waals surface area contributed by atoms with Crippen LogP contribution in [-0.4, -0.2) is 49.2 Å². The van der Waals surface area contributed by atoms with Crippen molar-refractivity contribution in [3.05, 3.63) is 82.0 Å². The number of thiophene rings is 1. The normalized spacial score (nSPS) is 19.9. The van der Waals surface area contributed by atoms with E-state index in [0.29, 0.717) is 22.6 Å². The van der Waals surface area contributed by atoms with Gasteiger partial charge in [0.05, 0.1) is 20.9 Å². The number of carbonyl (C=O) groups excluding carboxylic acids is 2. The summed E-state index contributed by atoms with van der Waals surface area (Å²) in [6.07, 6.45) is 2.06. The Morgan fingerprint density at radius 2 is 1.59 bits per heavy atom. The fourth-order valence-corrected chi connectivity index (χ4v) is 5.82. The molecule has 1 N–H and O–H groups in total. The van der Waals surface area contributed by atoms with Gasteiger partial charge in [-0.3, -0.25) is 9.69 Å². The number of benzene rings is 2. The van der Waals surface area contributed by atoms with Gasteiger partial charge in [-0.15, -0.1) is 11.3 Å². The van der Waals surface area contributed by atoms with Gasteiger partial charge < -0.3 is 14.8 Å². The summed E-state index contributed by atoms with van der Waals surface area (Å²) in [6, 6.07) is 18.5. The maximum Gasteiger partial charge on any atom is 0.326 e. The minimum atomic E-state index is -1.33. The summed E-state index contributed by atoms with van der Waals surface area (Å²) in [7, 11) is 3.19. The van der Waals surface area contributed by atoms with Gasteiger partial charge in [-0.2, -0.15) is 0 Å². The lowest BCUT2D eigenvalue weighted by atomic mass is 9.82. The molecule has 8 heteroatoms. The van der Waals surface area contributed by atoms with Crippen molar-refractivity contribution in [1.82, 2.24) is 15.1 Å². The first-order chi connectivity index (χ1) is 16.6. The average molecular weight is 478 g/mol. The van der Waals surface area contributed by atoms with E-state index in [9.17, 15) is 9.59 Å². The summed E-state index contributed by atoms with van der Waals surface area (Å²) in [5.41, 5.74) is 0.0272. The van der Waals surface area contributed by atoms with Gasteiger partial charge in [-0.05, 0) is 59.7 Å². The predicted molar refractivity (Wildman–Crippen MR) is 130 cm³/mol. The van der Waals surface area contributed by atoms with Gasteiger partial charge >= 0.3 is 6.03 Å². The molecule has 1 atom stereocenters. The highest BCUT2D eigenvalue weighted by Gasteiger charge is 2.54. The van der Waals surface area contributed by atoms with Crippen molar-refractivity contribution in [3.8, 4) is 11.5 Å². The molecule has 2 aliphatic rings. The number of hydrogen-bond donors (Lipinski definition) is 1. The Morgan fingerprint density at radius 1 is 0.971 bits per heavy atom. The molecule has 5 rings (SSSR count). The number of hydrogen-bond acceptors (Lipinski definition) is 6. The van der Waals surface area contributed by atoms with Gasteiger partial charge in [0.2, 0.25) is 0 Å². The molecule has 0 spiro atoms. The van der Waals surface area contributed by atoms with Gasteiger partial charge in [-0.1, -0.05) is 30.3 Å². The molecule has 1 aromatic heterocycles. The first kappa shape index (κ1) is 22.4. The molecule has 0 bridgehead atoms. The van der Waals surface area contributed by atoms with E-state index in [0.717, 1.165) is 19.4 Å². The molecule has 1 unspecified atom stereocenters. The number of carbonyl (C=O) groups is 2. The molecule has 0 radical (unpaired) electrons. The number of likely N-dealkylation sites (tertiary alicyclic amines) is 1. The van der Waals surface area contributed by atoms with Gasteiger partial charge in [0, 0.05) is 17.5 Å². The molecule has 3 aromatic rings. The quantitative estimate of drug-likeness (QED) is 0.512. The van der Waals surface area contributed by atoms with E-state index in [1.165, 1.54) is 9.78 Å². The molecule has 3 amide bonds. The van der Waals surface area contributed by atoms with Crippen LogP contribution < -0.4 is 14.8 Å². The second-order valence-corrected chi connectivity index (χ2v) is 9.48. The fourth-order valence-electron chi connectivity index (χ4n) is 4.92. The van der Waals surface area contributed by atoms with Gasteiger partial charge in [0.25, 0.3) is 5.91 Å². The second-order valence-electron chi connectivity index (χ2n) is 8.50. The van der Waals surface area contributed by atoms with E-state index in [2.05, 4.69) is 21.7 Å². The van der Waals surface area contributed by atoms with E-state index in [1.54, 1.807) is 49.8 Å². The largest absolute Gasteiger partial charge is 0.497 e. The topological polar surface area (TPSA) is 71.1 Å². The Balaban J connectivity index is 1.51. The van der Waals surface area contributed by atoms with Crippen molar-refractivity contribution in [2.24, 2.45) is 0 Å². The van der Waals surface area contributed by atoms with Crippen LogP contribution in [0.2, 0.25) is 0 Å². The van der Waals surface area contributed by atoms with Crippen LogP contribution in [-0.2, 0) is 10.3 Å². The van der Waals surface area contributed by atoms with Crippen molar-refractivity contribution < 1.29 is 19.1 Å². The highest BCUT2D eigenvalue weighted by molar-refractivity contribution is 7.10. The third-order valence-electron chi connectivity index (χ3n) is 6.71. The number of ether oxygens (including phenoxy) is 2. The number of urea groups is 1. The first-order valence-corrected chi connectivity index (χ1v) is 12.2. The highest BCUT2D eigenvalue weighted by Crippen LogP contribution is 2.39. The minimum absolute atomic E-state index is 0.220. The highest BCUT2D eigenvalue weighted by atomic mass is 32.1. The Labute approximate surface area is 202 Å². The lowest BCUT2D eigenvalue weighted by Crippen LogP contribution is -2.46. The number of nitrogens with one attached hydrogen (secondary N) is 1. The van der Waals surface area contributed by atoms with Crippen LogP contribution in [0.4, 0.5) is 4.79 Å². The van der Waals surface area contributed by atoms with Gasteiger partial charge in [0.1, 0.15) is 11.5 Å². The van der Waals surface area contributed by atoms with E-state index in [-0.39, 0.29) is 18.6 Å². The van der Waals surface area contributed by atoms with Crippen LogP contribution in [0.3, 0.4) is 0 Å². The third-order valence-corrected chi connectivity index (χ3v) is 7.68. The Morgan fingerprint density at radius 3 is 2.12 bits per heavy atom. The number of amides is 3. The van der Waals surface area contributed by atoms with E-state index in [4.69, 9.17) is 9.47 Å². The van der Waals surface area contributed by atoms with Crippen LogP contribution in [0, 0.1) is 0 Å². The molecule has 2 aliphatic heterocycles. The average Bonchev–Trinajstić information content (AvgIpc) is 3.61. The van der Waals surface area contributed by atoms with Gasteiger partial charge in [-0.25, -0.2) is 9.69 Å².